The summed E-state index contributed by atoms with van der Waals surface area (Å²) in [7, 11) is 0. The molecule has 1 aromatic heterocycles. The van der Waals surface area contributed by atoms with Crippen molar-refractivity contribution >= 4 is 55.1 Å². The Bertz CT molecular complexity index is 688. The van der Waals surface area contributed by atoms with Gasteiger partial charge in [-0.25, -0.2) is 0 Å². The molecular formula is C16H13Br2Cl2N. The molecule has 0 aliphatic heterocycles. The average molecular weight is 450 g/mol. The summed E-state index contributed by atoms with van der Waals surface area (Å²) < 4.78 is 1.96. The molecule has 0 radical (unpaired) electrons. The van der Waals surface area contributed by atoms with Gasteiger partial charge < -0.3 is 0 Å². The van der Waals surface area contributed by atoms with Gasteiger partial charge in [-0.1, -0.05) is 27.5 Å². The SMILES string of the molecule is Clc1cc(Br)c2c(c1)CCCCc1cc(Br)cnc1C2Cl. The standard InChI is InChI=1S/C16H13Br2Cl2N/c17-11-5-10-4-2-1-3-9-6-12(19)7-13(18)14(9)15(20)16(10)21-8-11/h5-8,15H,1-4H2. The van der Waals surface area contributed by atoms with Crippen molar-refractivity contribution in [2.45, 2.75) is 31.1 Å². The normalized spacial score (nSPS) is 18.2. The zero-order valence-electron chi connectivity index (χ0n) is 11.2. The van der Waals surface area contributed by atoms with Crippen molar-refractivity contribution in [1.29, 1.82) is 0 Å². The first-order valence-electron chi connectivity index (χ1n) is 6.82. The number of hydrogen-bond acceptors (Lipinski definition) is 1. The number of fused-ring (bicyclic) bond motifs is 2. The average Bonchev–Trinajstić information content (AvgIpc) is 2.47. The number of pyridine rings is 1. The molecule has 0 amide bonds. The molecule has 0 saturated heterocycles. The Balaban J connectivity index is 2.19. The molecule has 0 N–H and O–H groups in total. The lowest BCUT2D eigenvalue weighted by atomic mass is 9.98. The number of aromatic nitrogens is 1. The summed E-state index contributed by atoms with van der Waals surface area (Å²) in [4.78, 5) is 4.57. The number of halogens is 4. The van der Waals surface area contributed by atoms with Gasteiger partial charge in [-0.3, -0.25) is 4.98 Å². The molecule has 110 valence electrons. The van der Waals surface area contributed by atoms with Crippen LogP contribution in [0.3, 0.4) is 0 Å². The molecule has 0 saturated carbocycles. The smallest absolute Gasteiger partial charge is 0.102 e. The molecule has 1 heterocycles. The predicted molar refractivity (Wildman–Crippen MR) is 95.4 cm³/mol. The molecule has 2 aromatic rings. The topological polar surface area (TPSA) is 12.9 Å². The van der Waals surface area contributed by atoms with Crippen LogP contribution in [0.5, 0.6) is 0 Å². The zero-order chi connectivity index (χ0) is 15.0. The third-order valence-corrected chi connectivity index (χ3v) is 5.52. The number of alkyl halides is 1. The molecule has 1 aliphatic carbocycles. The number of nitrogens with zero attached hydrogens (tertiary/aromatic N) is 1. The van der Waals surface area contributed by atoms with Crippen LogP contribution in [0.25, 0.3) is 0 Å². The molecule has 1 unspecified atom stereocenters. The van der Waals surface area contributed by atoms with Crippen LogP contribution in [-0.4, -0.2) is 4.98 Å². The van der Waals surface area contributed by atoms with Crippen LogP contribution in [-0.2, 0) is 12.8 Å². The van der Waals surface area contributed by atoms with Crippen molar-refractivity contribution in [3.05, 3.63) is 60.7 Å². The second-order valence-corrected chi connectivity index (χ2v) is 7.87. The quantitative estimate of drug-likeness (QED) is 0.420. The van der Waals surface area contributed by atoms with Crippen LogP contribution < -0.4 is 0 Å². The minimum absolute atomic E-state index is 0.257. The van der Waals surface area contributed by atoms with Crippen LogP contribution >= 0.6 is 55.1 Å². The van der Waals surface area contributed by atoms with E-state index in [1.54, 1.807) is 0 Å². The molecule has 1 aliphatic rings. The Kier molecular flexibility index (Phi) is 4.94. The summed E-state index contributed by atoms with van der Waals surface area (Å²) in [6.45, 7) is 0. The lowest BCUT2D eigenvalue weighted by molar-refractivity contribution is 0.733. The molecule has 1 atom stereocenters. The summed E-state index contributed by atoms with van der Waals surface area (Å²) in [5, 5.41) is 0.487. The molecule has 3 rings (SSSR count). The third-order valence-electron chi connectivity index (χ3n) is 3.78. The highest BCUT2D eigenvalue weighted by atomic mass is 79.9. The van der Waals surface area contributed by atoms with Gasteiger partial charge in [-0.05, 0) is 76.5 Å². The van der Waals surface area contributed by atoms with E-state index >= 15 is 0 Å². The largest absolute Gasteiger partial charge is 0.258 e. The van der Waals surface area contributed by atoms with Crippen LogP contribution in [0.1, 0.15) is 40.6 Å². The number of hydrogen-bond donors (Lipinski definition) is 0. The van der Waals surface area contributed by atoms with Crippen molar-refractivity contribution in [3.8, 4) is 0 Å². The molecule has 21 heavy (non-hydrogen) atoms. The van der Waals surface area contributed by atoms with Crippen molar-refractivity contribution in [2.75, 3.05) is 0 Å². The maximum Gasteiger partial charge on any atom is 0.102 e. The van der Waals surface area contributed by atoms with E-state index in [1.807, 2.05) is 18.3 Å². The van der Waals surface area contributed by atoms with Crippen LogP contribution in [0.4, 0.5) is 0 Å². The van der Waals surface area contributed by atoms with Gasteiger partial charge in [0.15, 0.2) is 0 Å². The number of benzene rings is 1. The van der Waals surface area contributed by atoms with E-state index in [-0.39, 0.29) is 5.38 Å². The Morgan fingerprint density at radius 1 is 1.05 bits per heavy atom. The van der Waals surface area contributed by atoms with E-state index in [9.17, 15) is 0 Å². The zero-order valence-corrected chi connectivity index (χ0v) is 15.9. The summed E-state index contributed by atoms with van der Waals surface area (Å²) in [6.07, 6.45) is 6.06. The van der Waals surface area contributed by atoms with E-state index in [0.717, 1.165) is 50.9 Å². The molecular weight excluding hydrogens is 437 g/mol. The Morgan fingerprint density at radius 2 is 1.76 bits per heavy atom. The summed E-state index contributed by atoms with van der Waals surface area (Å²) in [5.41, 5.74) is 4.48. The first-order valence-corrected chi connectivity index (χ1v) is 9.22. The second kappa shape index (κ2) is 6.57. The van der Waals surface area contributed by atoms with Gasteiger partial charge in [-0.2, -0.15) is 0 Å². The highest BCUT2D eigenvalue weighted by molar-refractivity contribution is 9.10. The van der Waals surface area contributed by atoms with Crippen LogP contribution in [0.15, 0.2) is 33.3 Å². The Morgan fingerprint density at radius 3 is 2.52 bits per heavy atom. The monoisotopic (exact) mass is 447 g/mol. The van der Waals surface area contributed by atoms with Gasteiger partial charge >= 0.3 is 0 Å². The summed E-state index contributed by atoms with van der Waals surface area (Å²) >= 11 is 20.1. The lowest BCUT2D eigenvalue weighted by Crippen LogP contribution is -2.05. The van der Waals surface area contributed by atoms with Gasteiger partial charge in [0, 0.05) is 20.2 Å². The maximum atomic E-state index is 6.79. The van der Waals surface area contributed by atoms with Crippen molar-refractivity contribution in [2.24, 2.45) is 0 Å². The Hall–Kier alpha value is -0.0900. The molecule has 0 bridgehead atoms. The predicted octanol–water partition coefficient (Wildman–Crippen LogP) is 6.47. The maximum absolute atomic E-state index is 6.79. The molecule has 5 heteroatoms. The van der Waals surface area contributed by atoms with Crippen molar-refractivity contribution < 1.29 is 0 Å². The van der Waals surface area contributed by atoms with E-state index in [1.165, 1.54) is 11.1 Å². The Labute approximate surface area is 151 Å². The minimum Gasteiger partial charge on any atom is -0.258 e. The molecule has 1 nitrogen and oxygen atoms in total. The second-order valence-electron chi connectivity index (χ2n) is 5.23. The first kappa shape index (κ1) is 15.8. The third kappa shape index (κ3) is 3.31. The fourth-order valence-corrected chi connectivity index (χ4v) is 4.88. The first-order chi connectivity index (χ1) is 10.1. The van der Waals surface area contributed by atoms with Crippen molar-refractivity contribution in [3.63, 3.8) is 0 Å². The fourth-order valence-electron chi connectivity index (χ4n) is 2.82. The van der Waals surface area contributed by atoms with Crippen LogP contribution in [0, 0.1) is 0 Å². The van der Waals surface area contributed by atoms with Crippen LogP contribution in [0.2, 0.25) is 5.02 Å². The van der Waals surface area contributed by atoms with Gasteiger partial charge in [0.1, 0.15) is 5.38 Å². The summed E-state index contributed by atoms with van der Waals surface area (Å²) in [6, 6.07) is 6.07. The number of rotatable bonds is 0. The molecule has 0 spiro atoms. The minimum atomic E-state index is -0.257. The van der Waals surface area contributed by atoms with E-state index in [4.69, 9.17) is 23.2 Å². The van der Waals surface area contributed by atoms with E-state index in [2.05, 4.69) is 42.9 Å². The number of aryl methyl sites for hydroxylation is 2. The highest BCUT2D eigenvalue weighted by Gasteiger charge is 2.24. The molecule has 1 aromatic carbocycles. The fraction of sp³-hybridized carbons (Fsp3) is 0.312. The summed E-state index contributed by atoms with van der Waals surface area (Å²) in [5.74, 6) is 0. The van der Waals surface area contributed by atoms with Crippen molar-refractivity contribution in [1.82, 2.24) is 4.98 Å². The van der Waals surface area contributed by atoms with Gasteiger partial charge in [-0.15, -0.1) is 11.6 Å². The van der Waals surface area contributed by atoms with E-state index in [0.29, 0.717) is 0 Å². The highest BCUT2D eigenvalue weighted by Crippen LogP contribution is 2.40. The molecule has 0 fully saturated rings. The van der Waals surface area contributed by atoms with Gasteiger partial charge in [0.05, 0.1) is 5.69 Å². The van der Waals surface area contributed by atoms with E-state index < -0.39 is 0 Å². The lowest BCUT2D eigenvalue weighted by Gasteiger charge is -2.18. The van der Waals surface area contributed by atoms with Gasteiger partial charge in [0.25, 0.3) is 0 Å². The van der Waals surface area contributed by atoms with Gasteiger partial charge in [0.2, 0.25) is 0 Å².